The summed E-state index contributed by atoms with van der Waals surface area (Å²) in [6, 6.07) is 7.14. The molecule has 0 spiro atoms. The Morgan fingerprint density at radius 1 is 1.12 bits per heavy atom. The molecule has 0 amide bonds. The van der Waals surface area contributed by atoms with Gasteiger partial charge in [-0.25, -0.2) is 0 Å². The molecule has 0 bridgehead atoms. The van der Waals surface area contributed by atoms with Crippen LogP contribution < -0.4 is 5.32 Å². The third-order valence-corrected chi connectivity index (χ3v) is 2.57. The van der Waals surface area contributed by atoms with Gasteiger partial charge >= 0.3 is 0 Å². The number of aryl methyl sites for hydroxylation is 2. The van der Waals surface area contributed by atoms with Crippen LogP contribution in [0.25, 0.3) is 0 Å². The monoisotopic (exact) mass is 235 g/mol. The summed E-state index contributed by atoms with van der Waals surface area (Å²) >= 11 is 0. The smallest absolute Gasteiger partial charge is 0.0717 e. The molecule has 2 heteroatoms. The van der Waals surface area contributed by atoms with Crippen LogP contribution in [0.2, 0.25) is 0 Å². The van der Waals surface area contributed by atoms with Crippen LogP contribution in [-0.2, 0) is 11.3 Å². The van der Waals surface area contributed by atoms with Crippen LogP contribution >= 0.6 is 0 Å². The van der Waals surface area contributed by atoms with Crippen molar-refractivity contribution in [3.63, 3.8) is 0 Å². The molecule has 0 saturated heterocycles. The molecule has 0 unspecified atom stereocenters. The fraction of sp³-hybridized carbons (Fsp3) is 0.600. The predicted molar refractivity (Wildman–Crippen MR) is 73.3 cm³/mol. The first-order valence-corrected chi connectivity index (χ1v) is 6.46. The lowest BCUT2D eigenvalue weighted by molar-refractivity contribution is 0.118. The fourth-order valence-electron chi connectivity index (χ4n) is 1.91. The quantitative estimate of drug-likeness (QED) is 0.733. The van der Waals surface area contributed by atoms with Crippen LogP contribution in [0.15, 0.2) is 18.2 Å². The van der Waals surface area contributed by atoms with Gasteiger partial charge < -0.3 is 10.1 Å². The van der Waals surface area contributed by atoms with E-state index in [1.165, 1.54) is 16.7 Å². The Bertz CT molecular complexity index is 313. The first-order chi connectivity index (χ1) is 8.08. The van der Waals surface area contributed by atoms with Gasteiger partial charge in [0.25, 0.3) is 0 Å². The van der Waals surface area contributed by atoms with E-state index < -0.39 is 0 Å². The summed E-state index contributed by atoms with van der Waals surface area (Å²) in [5.41, 5.74) is 3.90. The molecular weight excluding hydrogens is 210 g/mol. The van der Waals surface area contributed by atoms with E-state index in [2.05, 4.69) is 51.2 Å². The summed E-state index contributed by atoms with van der Waals surface area (Å²) in [4.78, 5) is 0. The molecular formula is C15H25NO. The lowest BCUT2D eigenvalue weighted by atomic mass is 10.1. The Morgan fingerprint density at radius 3 is 2.35 bits per heavy atom. The van der Waals surface area contributed by atoms with Gasteiger partial charge in [0.15, 0.2) is 0 Å². The van der Waals surface area contributed by atoms with E-state index in [1.54, 1.807) is 0 Å². The van der Waals surface area contributed by atoms with Crippen molar-refractivity contribution in [2.24, 2.45) is 0 Å². The topological polar surface area (TPSA) is 21.3 Å². The first kappa shape index (κ1) is 14.2. The molecule has 17 heavy (non-hydrogen) atoms. The molecule has 2 nitrogen and oxygen atoms in total. The Balaban J connectivity index is 2.18. The van der Waals surface area contributed by atoms with Gasteiger partial charge in [-0.15, -0.1) is 0 Å². The van der Waals surface area contributed by atoms with Crippen molar-refractivity contribution < 1.29 is 4.74 Å². The van der Waals surface area contributed by atoms with Crippen molar-refractivity contribution in [3.8, 4) is 0 Å². The molecule has 1 rings (SSSR count). The second kappa shape index (κ2) is 7.46. The van der Waals surface area contributed by atoms with Crippen molar-refractivity contribution in [1.82, 2.24) is 5.32 Å². The van der Waals surface area contributed by atoms with Crippen LogP contribution in [0.3, 0.4) is 0 Å². The van der Waals surface area contributed by atoms with E-state index in [1.807, 2.05) is 0 Å². The maximum absolute atomic E-state index is 5.67. The average molecular weight is 235 g/mol. The van der Waals surface area contributed by atoms with Gasteiger partial charge in [0.2, 0.25) is 0 Å². The van der Waals surface area contributed by atoms with Crippen LogP contribution in [0.5, 0.6) is 0 Å². The minimum atomic E-state index is 0.564. The minimum absolute atomic E-state index is 0.564. The summed E-state index contributed by atoms with van der Waals surface area (Å²) in [5, 5.41) is 3.38. The summed E-state index contributed by atoms with van der Waals surface area (Å²) in [6.07, 6.45) is 1.07. The van der Waals surface area contributed by atoms with Crippen molar-refractivity contribution in [2.75, 3.05) is 13.2 Å². The van der Waals surface area contributed by atoms with Crippen molar-refractivity contribution >= 4 is 0 Å². The van der Waals surface area contributed by atoms with Gasteiger partial charge in [0.05, 0.1) is 6.61 Å². The number of hydrogen-bond acceptors (Lipinski definition) is 2. The molecule has 96 valence electrons. The van der Waals surface area contributed by atoms with Gasteiger partial charge in [-0.3, -0.25) is 0 Å². The van der Waals surface area contributed by atoms with E-state index in [4.69, 9.17) is 4.74 Å². The highest BCUT2D eigenvalue weighted by Gasteiger charge is 1.97. The minimum Gasteiger partial charge on any atom is -0.377 e. The Morgan fingerprint density at radius 2 is 1.76 bits per heavy atom. The van der Waals surface area contributed by atoms with Gasteiger partial charge in [0, 0.05) is 12.6 Å². The van der Waals surface area contributed by atoms with Gasteiger partial charge in [-0.1, -0.05) is 43.2 Å². The molecule has 0 aromatic heterocycles. The number of rotatable bonds is 7. The van der Waals surface area contributed by atoms with Gasteiger partial charge in [0.1, 0.15) is 0 Å². The number of ether oxygens (including phenoxy) is 1. The summed E-state index contributed by atoms with van der Waals surface area (Å²) in [5.74, 6) is 0. The highest BCUT2D eigenvalue weighted by molar-refractivity contribution is 5.27. The number of benzene rings is 1. The zero-order valence-corrected chi connectivity index (χ0v) is 11.5. The van der Waals surface area contributed by atoms with Crippen LogP contribution in [-0.4, -0.2) is 19.2 Å². The van der Waals surface area contributed by atoms with Crippen LogP contribution in [0.1, 0.15) is 37.0 Å². The molecule has 1 aromatic rings. The summed E-state index contributed by atoms with van der Waals surface area (Å²) in [7, 11) is 0. The Kier molecular flexibility index (Phi) is 6.23. The fourth-order valence-corrected chi connectivity index (χ4v) is 1.91. The normalized spacial score (nSPS) is 11.1. The molecule has 0 radical (unpaired) electrons. The first-order valence-electron chi connectivity index (χ1n) is 6.46. The summed E-state index contributed by atoms with van der Waals surface area (Å²) in [6.45, 7) is 11.2. The van der Waals surface area contributed by atoms with Crippen molar-refractivity contribution in [2.45, 2.75) is 46.8 Å². The van der Waals surface area contributed by atoms with Gasteiger partial charge in [-0.05, 0) is 32.4 Å². The third-order valence-electron chi connectivity index (χ3n) is 2.57. The molecule has 0 atom stereocenters. The highest BCUT2D eigenvalue weighted by atomic mass is 16.5. The lowest BCUT2D eigenvalue weighted by Crippen LogP contribution is -2.24. The number of nitrogens with one attached hydrogen (secondary N) is 1. The standard InChI is InChI=1S/C15H25NO/c1-12(2)16-6-5-7-17-11-15-9-13(3)8-14(4)10-15/h8-10,12,16H,5-7,11H2,1-4H3. The van der Waals surface area contributed by atoms with E-state index in [9.17, 15) is 0 Å². The van der Waals surface area contributed by atoms with Crippen molar-refractivity contribution in [3.05, 3.63) is 34.9 Å². The molecule has 0 fully saturated rings. The Labute approximate surface area is 105 Å². The zero-order valence-electron chi connectivity index (χ0n) is 11.5. The van der Waals surface area contributed by atoms with Crippen LogP contribution in [0, 0.1) is 13.8 Å². The SMILES string of the molecule is Cc1cc(C)cc(COCCCNC(C)C)c1. The van der Waals surface area contributed by atoms with E-state index in [-0.39, 0.29) is 0 Å². The Hall–Kier alpha value is -0.860. The maximum atomic E-state index is 5.67. The molecule has 0 heterocycles. The average Bonchev–Trinajstić information content (AvgIpc) is 2.21. The van der Waals surface area contributed by atoms with Gasteiger partial charge in [-0.2, -0.15) is 0 Å². The third kappa shape index (κ3) is 6.44. The molecule has 0 saturated carbocycles. The second-order valence-electron chi connectivity index (χ2n) is 5.01. The molecule has 1 N–H and O–H groups in total. The van der Waals surface area contributed by atoms with E-state index in [0.717, 1.165) is 26.2 Å². The number of hydrogen-bond donors (Lipinski definition) is 1. The lowest BCUT2D eigenvalue weighted by Gasteiger charge is -2.09. The summed E-state index contributed by atoms with van der Waals surface area (Å²) < 4.78 is 5.67. The molecule has 1 aromatic carbocycles. The van der Waals surface area contributed by atoms with E-state index in [0.29, 0.717) is 6.04 Å². The van der Waals surface area contributed by atoms with Crippen molar-refractivity contribution in [1.29, 1.82) is 0 Å². The second-order valence-corrected chi connectivity index (χ2v) is 5.01. The highest BCUT2D eigenvalue weighted by Crippen LogP contribution is 2.09. The maximum Gasteiger partial charge on any atom is 0.0717 e. The molecule has 0 aliphatic heterocycles. The van der Waals surface area contributed by atoms with Crippen LogP contribution in [0.4, 0.5) is 0 Å². The molecule has 0 aliphatic rings. The largest absolute Gasteiger partial charge is 0.377 e. The molecule has 0 aliphatic carbocycles. The van der Waals surface area contributed by atoms with E-state index >= 15 is 0 Å². The zero-order chi connectivity index (χ0) is 12.7. The predicted octanol–water partition coefficient (Wildman–Crippen LogP) is 3.21.